The van der Waals surface area contributed by atoms with Crippen LogP contribution in [-0.2, 0) is 0 Å². The Labute approximate surface area is 125 Å². The molecule has 0 fully saturated rings. The molecule has 1 aliphatic heterocycles. The molecule has 0 aliphatic carbocycles. The summed E-state index contributed by atoms with van der Waals surface area (Å²) in [7, 11) is 0. The molecule has 1 heterocycles. The minimum atomic E-state index is -0.300. The van der Waals surface area contributed by atoms with E-state index in [9.17, 15) is 9.59 Å². The summed E-state index contributed by atoms with van der Waals surface area (Å²) in [4.78, 5) is 21.9. The second kappa shape index (κ2) is 6.41. The molecule has 0 bridgehead atoms. The van der Waals surface area contributed by atoms with Crippen LogP contribution in [0, 0.1) is 0 Å². The molecule has 1 aliphatic rings. The molecule has 5 nitrogen and oxygen atoms in total. The van der Waals surface area contributed by atoms with Gasteiger partial charge in [0, 0.05) is 0 Å². The minimum absolute atomic E-state index is 0. The van der Waals surface area contributed by atoms with Gasteiger partial charge < -0.3 is 13.1 Å². The van der Waals surface area contributed by atoms with Crippen molar-refractivity contribution in [2.75, 3.05) is 0 Å². The second-order valence-corrected chi connectivity index (χ2v) is 2.33. The molecule has 0 saturated heterocycles. The van der Waals surface area contributed by atoms with Gasteiger partial charge in [0.25, 0.3) is 11.8 Å². The van der Waals surface area contributed by atoms with Gasteiger partial charge in [-0.05, 0) is 12.1 Å². The predicted octanol–water partition coefficient (Wildman–Crippen LogP) is -2.98. The van der Waals surface area contributed by atoms with Crippen LogP contribution in [0.15, 0.2) is 24.3 Å². The Morgan fingerprint density at radius 2 is 1.36 bits per heavy atom. The first kappa shape index (κ1) is 16.4. The van der Waals surface area contributed by atoms with E-state index in [1.54, 1.807) is 24.3 Å². The maximum absolute atomic E-state index is 10.9. The van der Waals surface area contributed by atoms with E-state index in [-0.39, 0.29) is 76.3 Å². The molecule has 72 valence electrons. The summed E-state index contributed by atoms with van der Waals surface area (Å²) in [5.41, 5.74) is 0.940. The molecule has 2 amide bonds. The van der Waals surface area contributed by atoms with E-state index in [0.717, 1.165) is 0 Å². The summed E-state index contributed by atoms with van der Waals surface area (Å²) >= 11 is 0. The van der Waals surface area contributed by atoms with Crippen molar-refractivity contribution in [2.24, 2.45) is 0 Å². The van der Waals surface area contributed by atoms with Gasteiger partial charge in [0.15, 0.2) is 0 Å². The summed E-state index contributed by atoms with van der Waals surface area (Å²) in [6, 6.07) is 6.74. The van der Waals surface area contributed by atoms with Crippen molar-refractivity contribution in [1.29, 1.82) is 0 Å². The second-order valence-electron chi connectivity index (χ2n) is 2.33. The molecule has 6 N–H and O–H groups in total. The third-order valence-electron chi connectivity index (χ3n) is 1.64. The van der Waals surface area contributed by atoms with Gasteiger partial charge in [-0.25, -0.2) is 0 Å². The van der Waals surface area contributed by atoms with E-state index in [2.05, 4.69) is 5.32 Å². The van der Waals surface area contributed by atoms with Gasteiger partial charge in [-0.1, -0.05) is 12.1 Å². The molecule has 14 heavy (non-hydrogen) atoms. The summed E-state index contributed by atoms with van der Waals surface area (Å²) in [6.07, 6.45) is 0. The molecule has 0 atom stereocenters. The first-order valence-corrected chi connectivity index (χ1v) is 3.24. The number of benzene rings is 1. The Morgan fingerprint density at radius 1 is 1.00 bits per heavy atom. The molecule has 0 spiro atoms. The largest absolute Gasteiger partial charge is 1.00 e. The molecule has 6 heteroatoms. The molecule has 0 aromatic heterocycles. The topological polar surface area (TPSA) is 113 Å². The normalized spacial score (nSPS) is 11.4. The maximum Gasteiger partial charge on any atom is 1.00 e. The fourth-order valence-corrected chi connectivity index (χ4v) is 1.12. The number of hydrogen-bond donors (Lipinski definition) is 2. The molecule has 0 unspecified atom stereocenters. The van der Waals surface area contributed by atoms with E-state index in [1.807, 2.05) is 0 Å². The summed E-state index contributed by atoms with van der Waals surface area (Å²) in [6.45, 7) is 0. The number of nitrogens with one attached hydrogen (secondary N) is 1. The monoisotopic (exact) mass is 222 g/mol. The van der Waals surface area contributed by atoms with E-state index < -0.39 is 0 Å². The van der Waals surface area contributed by atoms with Crippen LogP contribution in [-0.4, -0.2) is 17.3 Å². The number of rotatable bonds is 0. The van der Waals surface area contributed by atoms with Crippen molar-refractivity contribution in [1.82, 2.24) is 11.5 Å². The molecule has 1 aromatic rings. The van der Waals surface area contributed by atoms with Crippen LogP contribution in [0.4, 0.5) is 0 Å². The SMILES string of the molecule is N.O.O=C1NC(=O)c2ccccc21.[H-].[K+]. The van der Waals surface area contributed by atoms with Crippen molar-refractivity contribution >= 4 is 11.8 Å². The summed E-state index contributed by atoms with van der Waals surface area (Å²) < 4.78 is 0. The third kappa shape index (κ3) is 2.70. The molecular formula is C8H11KN2O3. The van der Waals surface area contributed by atoms with Crippen molar-refractivity contribution in [3.05, 3.63) is 35.4 Å². The van der Waals surface area contributed by atoms with Gasteiger partial charge >= 0.3 is 51.4 Å². The fourth-order valence-electron chi connectivity index (χ4n) is 1.12. The van der Waals surface area contributed by atoms with Crippen LogP contribution in [0.1, 0.15) is 22.1 Å². The van der Waals surface area contributed by atoms with Crippen molar-refractivity contribution in [3.63, 3.8) is 0 Å². The standard InChI is InChI=1S/C8H5NO2.K.H3N.H2O.H/c10-7-5-3-1-2-4-6(5)8(11)9-7;;;;/h1-4H,(H,9,10,11);;1H3;1H2;/q;+1;;;-1. The third-order valence-corrected chi connectivity index (χ3v) is 1.64. The Morgan fingerprint density at radius 3 is 1.71 bits per heavy atom. The van der Waals surface area contributed by atoms with Gasteiger partial charge in [-0.2, -0.15) is 0 Å². The first-order valence-electron chi connectivity index (χ1n) is 3.24. The van der Waals surface area contributed by atoms with E-state index in [0.29, 0.717) is 11.1 Å². The molecule has 1 aromatic carbocycles. The summed E-state index contributed by atoms with van der Waals surface area (Å²) in [5.74, 6) is -0.601. The average molecular weight is 222 g/mol. The Kier molecular flexibility index (Phi) is 7.49. The van der Waals surface area contributed by atoms with Crippen LogP contribution in [0.25, 0.3) is 0 Å². The smallest absolute Gasteiger partial charge is 1.00 e. The molecule has 0 radical (unpaired) electrons. The minimum Gasteiger partial charge on any atom is -1.00 e. The molecular weight excluding hydrogens is 211 g/mol. The van der Waals surface area contributed by atoms with Crippen LogP contribution in [0.3, 0.4) is 0 Å². The van der Waals surface area contributed by atoms with Gasteiger partial charge in [0.1, 0.15) is 0 Å². The zero-order chi connectivity index (χ0) is 7.84. The predicted molar refractivity (Wildman–Crippen MR) is 48.0 cm³/mol. The van der Waals surface area contributed by atoms with Crippen molar-refractivity contribution < 1.29 is 67.9 Å². The first-order chi connectivity index (χ1) is 5.29. The quantitative estimate of drug-likeness (QED) is 0.361. The zero-order valence-electron chi connectivity index (χ0n) is 8.83. The maximum atomic E-state index is 10.9. The number of carbonyl (C=O) groups excluding carboxylic acids is 2. The Bertz CT molecular complexity index is 326. The number of amides is 2. The van der Waals surface area contributed by atoms with E-state index in [4.69, 9.17) is 0 Å². The molecule has 0 saturated carbocycles. The van der Waals surface area contributed by atoms with Crippen molar-refractivity contribution in [3.8, 4) is 0 Å². The van der Waals surface area contributed by atoms with Crippen LogP contribution in [0.2, 0.25) is 0 Å². The Balaban J connectivity index is -0.000000360. The van der Waals surface area contributed by atoms with E-state index >= 15 is 0 Å². The van der Waals surface area contributed by atoms with Crippen molar-refractivity contribution in [2.45, 2.75) is 0 Å². The van der Waals surface area contributed by atoms with Crippen LogP contribution in [0.5, 0.6) is 0 Å². The number of carbonyl (C=O) groups is 2. The van der Waals surface area contributed by atoms with Gasteiger partial charge in [0.2, 0.25) is 0 Å². The summed E-state index contributed by atoms with van der Waals surface area (Å²) in [5, 5.41) is 2.20. The average Bonchev–Trinajstić information content (AvgIpc) is 2.30. The van der Waals surface area contributed by atoms with E-state index in [1.165, 1.54) is 0 Å². The number of hydrogen-bond acceptors (Lipinski definition) is 3. The number of fused-ring (bicyclic) bond motifs is 1. The van der Waals surface area contributed by atoms with Gasteiger partial charge in [-0.15, -0.1) is 0 Å². The fraction of sp³-hybridized carbons (Fsp3) is 0. The number of imide groups is 1. The van der Waals surface area contributed by atoms with Crippen LogP contribution < -0.4 is 62.9 Å². The van der Waals surface area contributed by atoms with Gasteiger partial charge in [-0.3, -0.25) is 14.9 Å². The Hall–Kier alpha value is -0.0836. The van der Waals surface area contributed by atoms with Crippen LogP contribution >= 0.6 is 0 Å². The van der Waals surface area contributed by atoms with Gasteiger partial charge in [0.05, 0.1) is 11.1 Å². The zero-order valence-corrected chi connectivity index (χ0v) is 11.0. The molecule has 2 rings (SSSR count).